The van der Waals surface area contributed by atoms with Gasteiger partial charge >= 0.3 is 0 Å². The molecule has 0 bridgehead atoms. The first kappa shape index (κ1) is 15.4. The molecule has 0 radical (unpaired) electrons. The van der Waals surface area contributed by atoms with Crippen LogP contribution in [-0.2, 0) is 11.3 Å². The number of nitrogens with zero attached hydrogens (tertiary/aromatic N) is 4. The molecule has 2 fully saturated rings. The highest BCUT2D eigenvalue weighted by molar-refractivity contribution is 5.79. The Morgan fingerprint density at radius 2 is 1.91 bits per heavy atom. The molecule has 5 heteroatoms. The zero-order chi connectivity index (χ0) is 15.4. The lowest BCUT2D eigenvalue weighted by molar-refractivity contribution is -0.139. The topological polar surface area (TPSA) is 39.7 Å². The van der Waals surface area contributed by atoms with E-state index in [9.17, 15) is 4.79 Å². The fourth-order valence-electron chi connectivity index (χ4n) is 3.50. The molecule has 2 aliphatic rings. The largest absolute Gasteiger partial charge is 0.340 e. The van der Waals surface area contributed by atoms with Crippen molar-refractivity contribution in [2.45, 2.75) is 19.4 Å². The van der Waals surface area contributed by atoms with Gasteiger partial charge in [-0.05, 0) is 44.1 Å². The lowest BCUT2D eigenvalue weighted by atomic mass is 9.96. The molecule has 120 valence electrons. The molecule has 1 aromatic rings. The summed E-state index contributed by atoms with van der Waals surface area (Å²) < 4.78 is 0. The van der Waals surface area contributed by atoms with Gasteiger partial charge in [-0.1, -0.05) is 0 Å². The standard InChI is InChI=1S/C17H26N4O/c1-19-8-2-3-16(14-19)17(22)21-11-9-20(10-12-21)13-15-4-6-18-7-5-15/h4-7,16H,2-3,8-14H2,1H3. The zero-order valence-corrected chi connectivity index (χ0v) is 13.4. The highest BCUT2D eigenvalue weighted by atomic mass is 16.2. The molecule has 1 amide bonds. The van der Waals surface area contributed by atoms with Gasteiger partial charge in [0.05, 0.1) is 5.92 Å². The summed E-state index contributed by atoms with van der Waals surface area (Å²) in [6, 6.07) is 4.13. The van der Waals surface area contributed by atoms with Crippen molar-refractivity contribution in [3.63, 3.8) is 0 Å². The lowest BCUT2D eigenvalue weighted by Gasteiger charge is -2.38. The SMILES string of the molecule is CN1CCCC(C(=O)N2CCN(Cc3ccncc3)CC2)C1. The minimum Gasteiger partial charge on any atom is -0.340 e. The smallest absolute Gasteiger partial charge is 0.227 e. The van der Waals surface area contributed by atoms with E-state index in [1.54, 1.807) is 0 Å². The van der Waals surface area contributed by atoms with E-state index in [0.29, 0.717) is 5.91 Å². The van der Waals surface area contributed by atoms with E-state index in [4.69, 9.17) is 0 Å². The van der Waals surface area contributed by atoms with Crippen molar-refractivity contribution in [1.82, 2.24) is 19.7 Å². The highest BCUT2D eigenvalue weighted by Gasteiger charge is 2.29. The Hall–Kier alpha value is -1.46. The van der Waals surface area contributed by atoms with Crippen molar-refractivity contribution in [3.8, 4) is 0 Å². The first-order chi connectivity index (χ1) is 10.7. The predicted octanol–water partition coefficient (Wildman–Crippen LogP) is 1.07. The monoisotopic (exact) mass is 302 g/mol. The number of rotatable bonds is 3. The number of hydrogen-bond donors (Lipinski definition) is 0. The van der Waals surface area contributed by atoms with E-state index < -0.39 is 0 Å². The average molecular weight is 302 g/mol. The fraction of sp³-hybridized carbons (Fsp3) is 0.647. The maximum atomic E-state index is 12.6. The molecule has 2 saturated heterocycles. The van der Waals surface area contributed by atoms with Crippen LogP contribution >= 0.6 is 0 Å². The Balaban J connectivity index is 1.48. The third kappa shape index (κ3) is 3.84. The van der Waals surface area contributed by atoms with Gasteiger partial charge in [0, 0.05) is 51.7 Å². The van der Waals surface area contributed by atoms with E-state index in [2.05, 4.69) is 38.9 Å². The Kier molecular flexibility index (Phi) is 5.05. The second kappa shape index (κ2) is 7.20. The third-order valence-electron chi connectivity index (χ3n) is 4.81. The molecule has 2 aliphatic heterocycles. The number of pyridine rings is 1. The zero-order valence-electron chi connectivity index (χ0n) is 13.4. The van der Waals surface area contributed by atoms with Crippen molar-refractivity contribution < 1.29 is 4.79 Å². The molecule has 3 rings (SSSR count). The summed E-state index contributed by atoms with van der Waals surface area (Å²) in [4.78, 5) is 23.5. The Morgan fingerprint density at radius 1 is 1.18 bits per heavy atom. The van der Waals surface area contributed by atoms with Gasteiger partial charge in [0.25, 0.3) is 0 Å². The van der Waals surface area contributed by atoms with E-state index in [1.807, 2.05) is 12.4 Å². The number of aromatic nitrogens is 1. The van der Waals surface area contributed by atoms with Crippen LogP contribution in [0.1, 0.15) is 18.4 Å². The summed E-state index contributed by atoms with van der Waals surface area (Å²) in [5.74, 6) is 0.584. The number of carbonyl (C=O) groups excluding carboxylic acids is 1. The minimum atomic E-state index is 0.213. The Morgan fingerprint density at radius 3 is 2.59 bits per heavy atom. The van der Waals surface area contributed by atoms with Gasteiger partial charge in [-0.15, -0.1) is 0 Å². The molecule has 3 heterocycles. The number of piperazine rings is 1. The third-order valence-corrected chi connectivity index (χ3v) is 4.81. The summed E-state index contributed by atoms with van der Waals surface area (Å²) in [5.41, 5.74) is 1.30. The van der Waals surface area contributed by atoms with Crippen LogP contribution in [0.3, 0.4) is 0 Å². The molecule has 0 N–H and O–H groups in total. The van der Waals surface area contributed by atoms with Crippen LogP contribution < -0.4 is 0 Å². The maximum Gasteiger partial charge on any atom is 0.227 e. The van der Waals surface area contributed by atoms with Crippen molar-refractivity contribution in [1.29, 1.82) is 0 Å². The van der Waals surface area contributed by atoms with E-state index >= 15 is 0 Å². The fourth-order valence-corrected chi connectivity index (χ4v) is 3.50. The predicted molar refractivity (Wildman–Crippen MR) is 86.3 cm³/mol. The van der Waals surface area contributed by atoms with Gasteiger partial charge in [-0.2, -0.15) is 0 Å². The first-order valence-corrected chi connectivity index (χ1v) is 8.31. The normalized spacial score (nSPS) is 24.4. The van der Waals surface area contributed by atoms with Gasteiger partial charge in [0.15, 0.2) is 0 Å². The molecule has 1 aromatic heterocycles. The summed E-state index contributed by atoms with van der Waals surface area (Å²) in [6.07, 6.45) is 5.89. The molecule has 0 saturated carbocycles. The second-order valence-electron chi connectivity index (χ2n) is 6.56. The van der Waals surface area contributed by atoms with Gasteiger partial charge in [-0.25, -0.2) is 0 Å². The van der Waals surface area contributed by atoms with E-state index in [1.165, 1.54) is 5.56 Å². The van der Waals surface area contributed by atoms with Crippen LogP contribution in [-0.4, -0.2) is 71.9 Å². The molecule has 0 spiro atoms. The summed E-state index contributed by atoms with van der Waals surface area (Å²) in [7, 11) is 2.12. The van der Waals surface area contributed by atoms with Crippen molar-refractivity contribution in [2.75, 3.05) is 46.3 Å². The van der Waals surface area contributed by atoms with E-state index in [0.717, 1.165) is 58.7 Å². The summed E-state index contributed by atoms with van der Waals surface area (Å²) in [5, 5.41) is 0. The number of carbonyl (C=O) groups is 1. The maximum absolute atomic E-state index is 12.6. The molecular weight excluding hydrogens is 276 g/mol. The van der Waals surface area contributed by atoms with Crippen LogP contribution in [0.25, 0.3) is 0 Å². The van der Waals surface area contributed by atoms with Crippen LogP contribution in [0.2, 0.25) is 0 Å². The molecule has 0 aliphatic carbocycles. The summed E-state index contributed by atoms with van der Waals surface area (Å²) in [6.45, 7) is 6.68. The van der Waals surface area contributed by atoms with Crippen molar-refractivity contribution in [2.24, 2.45) is 5.92 Å². The second-order valence-corrected chi connectivity index (χ2v) is 6.56. The number of piperidine rings is 1. The first-order valence-electron chi connectivity index (χ1n) is 8.31. The van der Waals surface area contributed by atoms with Gasteiger partial charge in [0.1, 0.15) is 0 Å². The average Bonchev–Trinajstić information content (AvgIpc) is 2.56. The van der Waals surface area contributed by atoms with Crippen molar-refractivity contribution >= 4 is 5.91 Å². The molecule has 1 atom stereocenters. The van der Waals surface area contributed by atoms with Crippen molar-refractivity contribution in [3.05, 3.63) is 30.1 Å². The van der Waals surface area contributed by atoms with E-state index in [-0.39, 0.29) is 5.92 Å². The van der Waals surface area contributed by atoms with Crippen LogP contribution in [0, 0.1) is 5.92 Å². The Labute approximate surface area is 132 Å². The molecule has 5 nitrogen and oxygen atoms in total. The summed E-state index contributed by atoms with van der Waals surface area (Å²) >= 11 is 0. The number of likely N-dealkylation sites (tertiary alicyclic amines) is 1. The van der Waals surface area contributed by atoms with Crippen LogP contribution in [0.4, 0.5) is 0 Å². The van der Waals surface area contributed by atoms with Crippen LogP contribution in [0.5, 0.6) is 0 Å². The minimum absolute atomic E-state index is 0.213. The number of amides is 1. The lowest BCUT2D eigenvalue weighted by Crippen LogP contribution is -2.51. The number of hydrogen-bond acceptors (Lipinski definition) is 4. The quantitative estimate of drug-likeness (QED) is 0.837. The highest BCUT2D eigenvalue weighted by Crippen LogP contribution is 2.19. The van der Waals surface area contributed by atoms with Gasteiger partial charge in [0.2, 0.25) is 5.91 Å². The Bertz CT molecular complexity index is 485. The molecule has 22 heavy (non-hydrogen) atoms. The molecule has 1 unspecified atom stereocenters. The van der Waals surface area contributed by atoms with Gasteiger partial charge < -0.3 is 9.80 Å². The van der Waals surface area contributed by atoms with Crippen LogP contribution in [0.15, 0.2) is 24.5 Å². The van der Waals surface area contributed by atoms with Gasteiger partial charge in [-0.3, -0.25) is 14.7 Å². The molecule has 0 aromatic carbocycles. The molecular formula is C17H26N4O.